The maximum absolute atomic E-state index is 12.1. The molecule has 5 nitrogen and oxygen atoms in total. The number of hydrogen-bond donors (Lipinski definition) is 1. The van der Waals surface area contributed by atoms with Crippen molar-refractivity contribution in [2.45, 2.75) is 26.7 Å². The highest BCUT2D eigenvalue weighted by atomic mass is 16.5. The summed E-state index contributed by atoms with van der Waals surface area (Å²) in [6, 6.07) is 6.74. The van der Waals surface area contributed by atoms with Crippen LogP contribution in [0, 0.1) is 5.92 Å². The summed E-state index contributed by atoms with van der Waals surface area (Å²) in [7, 11) is 0. The molecule has 0 bridgehead atoms. The average molecular weight is 276 g/mol. The van der Waals surface area contributed by atoms with Gasteiger partial charge in [0, 0.05) is 31.8 Å². The van der Waals surface area contributed by atoms with Crippen LogP contribution >= 0.6 is 0 Å². The van der Waals surface area contributed by atoms with Crippen LogP contribution in [0.15, 0.2) is 24.3 Å². The standard InChI is InChI=1S/C15H20N2O3/c1-11-6-8-17(9-7-11)15(19)16-13-4-3-5-14(10-13)20-12(2)18/h3-5,10-11H,6-9H2,1-2H3,(H,16,19). The molecule has 0 spiro atoms. The molecule has 0 atom stereocenters. The number of urea groups is 1. The van der Waals surface area contributed by atoms with Crippen LogP contribution in [0.3, 0.4) is 0 Å². The molecule has 108 valence electrons. The summed E-state index contributed by atoms with van der Waals surface area (Å²) < 4.78 is 4.99. The van der Waals surface area contributed by atoms with Crippen LogP contribution in [0.1, 0.15) is 26.7 Å². The van der Waals surface area contributed by atoms with Crippen LogP contribution in [-0.2, 0) is 4.79 Å². The Hall–Kier alpha value is -2.04. The van der Waals surface area contributed by atoms with Gasteiger partial charge in [-0.3, -0.25) is 4.79 Å². The zero-order valence-corrected chi connectivity index (χ0v) is 11.9. The van der Waals surface area contributed by atoms with Crippen molar-refractivity contribution in [3.8, 4) is 5.75 Å². The van der Waals surface area contributed by atoms with Gasteiger partial charge >= 0.3 is 12.0 Å². The molecule has 5 heteroatoms. The Labute approximate surface area is 118 Å². The van der Waals surface area contributed by atoms with Crippen LogP contribution in [0.2, 0.25) is 0 Å². The predicted molar refractivity (Wildman–Crippen MR) is 76.7 cm³/mol. The first-order valence-corrected chi connectivity index (χ1v) is 6.89. The number of hydrogen-bond acceptors (Lipinski definition) is 3. The number of rotatable bonds is 2. The monoisotopic (exact) mass is 276 g/mol. The number of piperidine rings is 1. The number of carbonyl (C=O) groups is 2. The molecule has 1 saturated heterocycles. The summed E-state index contributed by atoms with van der Waals surface area (Å²) in [5, 5.41) is 2.84. The number of esters is 1. The van der Waals surface area contributed by atoms with Gasteiger partial charge in [0.25, 0.3) is 0 Å². The smallest absolute Gasteiger partial charge is 0.321 e. The fourth-order valence-electron chi connectivity index (χ4n) is 2.22. The summed E-state index contributed by atoms with van der Waals surface area (Å²) in [6.45, 7) is 5.13. The van der Waals surface area contributed by atoms with Crippen LogP contribution in [0.4, 0.5) is 10.5 Å². The minimum atomic E-state index is -0.376. The topological polar surface area (TPSA) is 58.6 Å². The van der Waals surface area contributed by atoms with Gasteiger partial charge in [-0.15, -0.1) is 0 Å². The van der Waals surface area contributed by atoms with Gasteiger partial charge in [-0.25, -0.2) is 4.79 Å². The van der Waals surface area contributed by atoms with E-state index in [0.29, 0.717) is 17.4 Å². The van der Waals surface area contributed by atoms with Crippen molar-refractivity contribution in [1.82, 2.24) is 4.90 Å². The van der Waals surface area contributed by atoms with Crippen molar-refractivity contribution in [2.24, 2.45) is 5.92 Å². The number of likely N-dealkylation sites (tertiary alicyclic amines) is 1. The van der Waals surface area contributed by atoms with E-state index >= 15 is 0 Å². The van der Waals surface area contributed by atoms with E-state index in [0.717, 1.165) is 25.9 Å². The second-order valence-corrected chi connectivity index (χ2v) is 5.22. The molecule has 0 saturated carbocycles. The highest BCUT2D eigenvalue weighted by Gasteiger charge is 2.20. The van der Waals surface area contributed by atoms with E-state index in [9.17, 15) is 9.59 Å². The molecule has 0 unspecified atom stereocenters. The number of nitrogens with zero attached hydrogens (tertiary/aromatic N) is 1. The molecule has 1 fully saturated rings. The number of anilines is 1. The quantitative estimate of drug-likeness (QED) is 0.667. The lowest BCUT2D eigenvalue weighted by Crippen LogP contribution is -2.40. The highest BCUT2D eigenvalue weighted by molar-refractivity contribution is 5.89. The number of carbonyl (C=O) groups excluding carboxylic acids is 2. The van der Waals surface area contributed by atoms with E-state index in [2.05, 4.69) is 12.2 Å². The van der Waals surface area contributed by atoms with Crippen LogP contribution in [-0.4, -0.2) is 30.0 Å². The Kier molecular flexibility index (Phi) is 4.61. The van der Waals surface area contributed by atoms with Crippen LogP contribution < -0.4 is 10.1 Å². The Morgan fingerprint density at radius 3 is 2.65 bits per heavy atom. The molecular weight excluding hydrogens is 256 g/mol. The first-order valence-electron chi connectivity index (χ1n) is 6.89. The fraction of sp³-hybridized carbons (Fsp3) is 0.467. The molecule has 0 aromatic heterocycles. The van der Waals surface area contributed by atoms with E-state index < -0.39 is 0 Å². The van der Waals surface area contributed by atoms with Gasteiger partial charge in [0.15, 0.2) is 0 Å². The van der Waals surface area contributed by atoms with Crippen LogP contribution in [0.5, 0.6) is 5.75 Å². The molecule has 20 heavy (non-hydrogen) atoms. The lowest BCUT2D eigenvalue weighted by molar-refractivity contribution is -0.131. The summed E-state index contributed by atoms with van der Waals surface area (Å²) in [5.41, 5.74) is 0.632. The first-order chi connectivity index (χ1) is 9.54. The molecule has 0 radical (unpaired) electrons. The maximum Gasteiger partial charge on any atom is 0.321 e. The third-order valence-electron chi connectivity index (χ3n) is 3.42. The van der Waals surface area contributed by atoms with Crippen molar-refractivity contribution in [3.63, 3.8) is 0 Å². The Morgan fingerprint density at radius 2 is 2.00 bits per heavy atom. The second-order valence-electron chi connectivity index (χ2n) is 5.22. The predicted octanol–water partition coefficient (Wildman–Crippen LogP) is 2.88. The molecule has 1 aliphatic heterocycles. The van der Waals surface area contributed by atoms with Crippen molar-refractivity contribution < 1.29 is 14.3 Å². The van der Waals surface area contributed by atoms with Gasteiger partial charge in [-0.1, -0.05) is 13.0 Å². The summed E-state index contributed by atoms with van der Waals surface area (Å²) in [4.78, 5) is 24.8. The van der Waals surface area contributed by atoms with E-state index in [1.54, 1.807) is 24.3 Å². The Morgan fingerprint density at radius 1 is 1.30 bits per heavy atom. The van der Waals surface area contributed by atoms with Gasteiger partial charge in [0.05, 0.1) is 0 Å². The van der Waals surface area contributed by atoms with Gasteiger partial charge in [-0.05, 0) is 30.9 Å². The lowest BCUT2D eigenvalue weighted by atomic mass is 10.00. The van der Waals surface area contributed by atoms with Crippen molar-refractivity contribution in [2.75, 3.05) is 18.4 Å². The third kappa shape index (κ3) is 3.98. The molecular formula is C15H20N2O3. The van der Waals surface area contributed by atoms with Crippen LogP contribution in [0.25, 0.3) is 0 Å². The summed E-state index contributed by atoms with van der Waals surface area (Å²) >= 11 is 0. The number of ether oxygens (including phenoxy) is 1. The van der Waals surface area contributed by atoms with Crippen molar-refractivity contribution in [3.05, 3.63) is 24.3 Å². The van der Waals surface area contributed by atoms with E-state index in [1.807, 2.05) is 4.90 Å². The number of nitrogens with one attached hydrogen (secondary N) is 1. The maximum atomic E-state index is 12.1. The van der Waals surface area contributed by atoms with Crippen molar-refractivity contribution in [1.29, 1.82) is 0 Å². The molecule has 1 aliphatic rings. The zero-order valence-electron chi connectivity index (χ0n) is 11.9. The SMILES string of the molecule is CC(=O)Oc1cccc(NC(=O)N2CCC(C)CC2)c1. The molecule has 2 amide bonds. The highest BCUT2D eigenvalue weighted by Crippen LogP contribution is 2.20. The minimum Gasteiger partial charge on any atom is -0.427 e. The molecule has 1 heterocycles. The normalized spacial score (nSPS) is 15.8. The molecule has 0 aliphatic carbocycles. The molecule has 1 N–H and O–H groups in total. The second kappa shape index (κ2) is 6.41. The van der Waals surface area contributed by atoms with Gasteiger partial charge < -0.3 is 15.0 Å². The van der Waals surface area contributed by atoms with Gasteiger partial charge in [-0.2, -0.15) is 0 Å². The lowest BCUT2D eigenvalue weighted by Gasteiger charge is -2.30. The van der Waals surface area contributed by atoms with Crippen molar-refractivity contribution >= 4 is 17.7 Å². The fourth-order valence-corrected chi connectivity index (χ4v) is 2.22. The Balaban J connectivity index is 1.95. The van der Waals surface area contributed by atoms with Gasteiger partial charge in [0.2, 0.25) is 0 Å². The number of amides is 2. The minimum absolute atomic E-state index is 0.100. The first kappa shape index (κ1) is 14.4. The molecule has 2 rings (SSSR count). The Bertz CT molecular complexity index is 494. The average Bonchev–Trinajstić information content (AvgIpc) is 2.39. The summed E-state index contributed by atoms with van der Waals surface area (Å²) in [6.07, 6.45) is 2.09. The molecule has 1 aromatic carbocycles. The third-order valence-corrected chi connectivity index (χ3v) is 3.42. The largest absolute Gasteiger partial charge is 0.427 e. The van der Waals surface area contributed by atoms with E-state index in [1.165, 1.54) is 6.92 Å². The number of benzene rings is 1. The summed E-state index contributed by atoms with van der Waals surface area (Å²) in [5.74, 6) is 0.743. The molecule has 1 aromatic rings. The van der Waals surface area contributed by atoms with E-state index in [4.69, 9.17) is 4.74 Å². The van der Waals surface area contributed by atoms with Gasteiger partial charge in [0.1, 0.15) is 5.75 Å². The zero-order chi connectivity index (χ0) is 14.5. The van der Waals surface area contributed by atoms with E-state index in [-0.39, 0.29) is 12.0 Å².